The number of hydrogen-bond donors (Lipinski definition) is 1. The summed E-state index contributed by atoms with van der Waals surface area (Å²) in [5.74, 6) is -1.68. The summed E-state index contributed by atoms with van der Waals surface area (Å²) in [6.45, 7) is 1.65. The Balaban J connectivity index is 2.41. The van der Waals surface area contributed by atoms with Crippen LogP contribution in [0.3, 0.4) is 0 Å². The maximum absolute atomic E-state index is 11.8. The van der Waals surface area contributed by atoms with Crippen LogP contribution in [0.15, 0.2) is 0 Å². The fourth-order valence-corrected chi connectivity index (χ4v) is 1.84. The molecule has 0 aliphatic carbocycles. The van der Waals surface area contributed by atoms with Crippen molar-refractivity contribution in [3.8, 4) is 0 Å². The molecule has 1 N–H and O–H groups in total. The lowest BCUT2D eigenvalue weighted by atomic mass is 10.2. The quantitative estimate of drug-likeness (QED) is 0.669. The average Bonchev–Trinajstić information content (AvgIpc) is 2.62. The summed E-state index contributed by atoms with van der Waals surface area (Å²) in [5, 5.41) is 8.80. The number of carbonyl (C=O) groups excluding carboxylic acids is 3. The molecule has 1 saturated heterocycles. The maximum Gasteiger partial charge on any atom is 0.326 e. The molecule has 0 saturated carbocycles. The summed E-state index contributed by atoms with van der Waals surface area (Å²) in [7, 11) is 2.95. The fourth-order valence-electron chi connectivity index (χ4n) is 1.84. The number of carboxylic acid groups (broad SMARTS) is 1. The van der Waals surface area contributed by atoms with Crippen molar-refractivity contribution in [2.75, 3.05) is 27.2 Å². The minimum Gasteiger partial charge on any atom is -0.480 e. The normalized spacial score (nSPS) is 16.6. The molecular weight excluding hydrogens is 266 g/mol. The van der Waals surface area contributed by atoms with E-state index in [1.807, 2.05) is 0 Å². The first-order valence-corrected chi connectivity index (χ1v) is 6.29. The lowest BCUT2D eigenvalue weighted by molar-refractivity contribution is -0.148. The molecule has 20 heavy (non-hydrogen) atoms. The molecule has 0 aromatic carbocycles. The molecule has 4 amide bonds. The topological polar surface area (TPSA) is 98.2 Å². The van der Waals surface area contributed by atoms with Gasteiger partial charge < -0.3 is 14.9 Å². The van der Waals surface area contributed by atoms with Crippen LogP contribution in [0.1, 0.15) is 19.8 Å². The van der Waals surface area contributed by atoms with Gasteiger partial charge in [-0.25, -0.2) is 9.59 Å². The second kappa shape index (κ2) is 6.36. The van der Waals surface area contributed by atoms with Gasteiger partial charge in [-0.1, -0.05) is 0 Å². The van der Waals surface area contributed by atoms with Crippen LogP contribution in [0.2, 0.25) is 0 Å². The van der Waals surface area contributed by atoms with Gasteiger partial charge in [0.2, 0.25) is 11.8 Å². The van der Waals surface area contributed by atoms with Crippen LogP contribution in [0.5, 0.6) is 0 Å². The summed E-state index contributed by atoms with van der Waals surface area (Å²) in [6, 6.07) is -1.27. The first kappa shape index (κ1) is 15.9. The summed E-state index contributed by atoms with van der Waals surface area (Å²) in [5.41, 5.74) is 0. The number of rotatable bonds is 6. The highest BCUT2D eigenvalue weighted by molar-refractivity contribution is 6.01. The zero-order chi connectivity index (χ0) is 15.4. The van der Waals surface area contributed by atoms with Crippen LogP contribution < -0.4 is 0 Å². The summed E-state index contributed by atoms with van der Waals surface area (Å²) in [4.78, 5) is 49.1. The van der Waals surface area contributed by atoms with Crippen molar-refractivity contribution >= 4 is 23.8 Å². The molecule has 0 bridgehead atoms. The first-order valence-electron chi connectivity index (χ1n) is 6.29. The van der Waals surface area contributed by atoms with Gasteiger partial charge in [-0.2, -0.15) is 0 Å². The van der Waals surface area contributed by atoms with E-state index in [-0.39, 0.29) is 37.4 Å². The number of amides is 4. The molecule has 0 spiro atoms. The second-order valence-electron chi connectivity index (χ2n) is 4.81. The largest absolute Gasteiger partial charge is 0.480 e. The zero-order valence-corrected chi connectivity index (χ0v) is 11.8. The molecular formula is C12H19N3O5. The van der Waals surface area contributed by atoms with Crippen molar-refractivity contribution in [1.82, 2.24) is 14.7 Å². The third-order valence-electron chi connectivity index (χ3n) is 3.34. The number of aliphatic carboxylic acids is 1. The van der Waals surface area contributed by atoms with Crippen LogP contribution in [-0.2, 0) is 14.4 Å². The van der Waals surface area contributed by atoms with E-state index < -0.39 is 12.0 Å². The average molecular weight is 285 g/mol. The predicted molar refractivity (Wildman–Crippen MR) is 68.8 cm³/mol. The molecule has 8 heteroatoms. The number of carbonyl (C=O) groups is 4. The van der Waals surface area contributed by atoms with E-state index in [9.17, 15) is 19.2 Å². The minimum absolute atomic E-state index is 0.0583. The highest BCUT2D eigenvalue weighted by atomic mass is 16.4. The Morgan fingerprint density at radius 3 is 2.45 bits per heavy atom. The van der Waals surface area contributed by atoms with Crippen LogP contribution in [0.25, 0.3) is 0 Å². The van der Waals surface area contributed by atoms with E-state index in [4.69, 9.17) is 5.11 Å². The van der Waals surface area contributed by atoms with E-state index in [1.165, 1.54) is 25.9 Å². The molecule has 1 rings (SSSR count). The third-order valence-corrected chi connectivity index (χ3v) is 3.34. The summed E-state index contributed by atoms with van der Waals surface area (Å²) >= 11 is 0. The van der Waals surface area contributed by atoms with E-state index >= 15 is 0 Å². The van der Waals surface area contributed by atoms with Gasteiger partial charge in [-0.05, 0) is 13.3 Å². The zero-order valence-electron chi connectivity index (χ0n) is 11.8. The van der Waals surface area contributed by atoms with E-state index in [1.54, 1.807) is 0 Å². The molecule has 112 valence electrons. The lowest BCUT2D eigenvalue weighted by Gasteiger charge is -2.22. The number of hydrogen-bond acceptors (Lipinski definition) is 4. The SMILES string of the molecule is CC(C(=O)O)N(C)C(=O)CCCN1C(=O)CN(C)C1=O. The van der Waals surface area contributed by atoms with Crippen LogP contribution in [0, 0.1) is 0 Å². The molecule has 1 heterocycles. The molecule has 1 fully saturated rings. The third kappa shape index (κ3) is 3.46. The molecule has 0 aromatic rings. The van der Waals surface area contributed by atoms with Crippen LogP contribution >= 0.6 is 0 Å². The fraction of sp³-hybridized carbons (Fsp3) is 0.667. The molecule has 1 atom stereocenters. The highest BCUT2D eigenvalue weighted by Crippen LogP contribution is 2.10. The van der Waals surface area contributed by atoms with Crippen molar-refractivity contribution < 1.29 is 24.3 Å². The number of urea groups is 1. The Bertz CT molecular complexity index is 437. The van der Waals surface area contributed by atoms with Gasteiger partial charge in [0.15, 0.2) is 0 Å². The van der Waals surface area contributed by atoms with E-state index in [0.717, 1.165) is 9.80 Å². The van der Waals surface area contributed by atoms with E-state index in [2.05, 4.69) is 0 Å². The summed E-state index contributed by atoms with van der Waals surface area (Å²) < 4.78 is 0. The Hall–Kier alpha value is -2.12. The van der Waals surface area contributed by atoms with Crippen molar-refractivity contribution in [1.29, 1.82) is 0 Å². The number of likely N-dealkylation sites (N-methyl/N-ethyl adjacent to an activating group) is 2. The van der Waals surface area contributed by atoms with Crippen molar-refractivity contribution in [3.63, 3.8) is 0 Å². The molecule has 0 aromatic heterocycles. The molecule has 1 aliphatic rings. The minimum atomic E-state index is -1.08. The van der Waals surface area contributed by atoms with Crippen molar-refractivity contribution in [2.24, 2.45) is 0 Å². The monoisotopic (exact) mass is 285 g/mol. The van der Waals surface area contributed by atoms with Gasteiger partial charge in [0.05, 0.1) is 0 Å². The van der Waals surface area contributed by atoms with Gasteiger partial charge >= 0.3 is 12.0 Å². The Morgan fingerprint density at radius 1 is 1.40 bits per heavy atom. The van der Waals surface area contributed by atoms with Gasteiger partial charge in [-0.15, -0.1) is 0 Å². The Labute approximate surface area is 116 Å². The lowest BCUT2D eigenvalue weighted by Crippen LogP contribution is -2.40. The smallest absolute Gasteiger partial charge is 0.326 e. The van der Waals surface area contributed by atoms with Crippen molar-refractivity contribution in [3.05, 3.63) is 0 Å². The van der Waals surface area contributed by atoms with Gasteiger partial charge in [-0.3, -0.25) is 14.5 Å². The first-order chi connectivity index (χ1) is 9.25. The summed E-state index contributed by atoms with van der Waals surface area (Å²) in [6.07, 6.45) is 0.412. The van der Waals surface area contributed by atoms with Crippen LogP contribution in [0.4, 0.5) is 4.79 Å². The predicted octanol–water partition coefficient (Wildman–Crippen LogP) is -0.408. The molecule has 0 radical (unpaired) electrons. The Kier molecular flexibility index (Phi) is 5.06. The molecule has 8 nitrogen and oxygen atoms in total. The number of nitrogens with zero attached hydrogens (tertiary/aromatic N) is 3. The maximum atomic E-state index is 11.8. The highest BCUT2D eigenvalue weighted by Gasteiger charge is 2.33. The van der Waals surface area contributed by atoms with Crippen LogP contribution in [-0.4, -0.2) is 76.8 Å². The number of imide groups is 1. The molecule has 1 unspecified atom stereocenters. The van der Waals surface area contributed by atoms with Gasteiger partial charge in [0.25, 0.3) is 0 Å². The Morgan fingerprint density at radius 2 is 2.00 bits per heavy atom. The van der Waals surface area contributed by atoms with Gasteiger partial charge in [0.1, 0.15) is 12.6 Å². The standard InChI is InChI=1S/C12H19N3O5/c1-8(11(18)19)14(3)9(16)5-4-6-15-10(17)7-13(2)12(15)20/h8H,4-7H2,1-3H3,(H,18,19). The number of carboxylic acids is 1. The van der Waals surface area contributed by atoms with Crippen molar-refractivity contribution in [2.45, 2.75) is 25.8 Å². The second-order valence-corrected chi connectivity index (χ2v) is 4.81. The van der Waals surface area contributed by atoms with E-state index in [0.29, 0.717) is 6.42 Å². The molecule has 1 aliphatic heterocycles. The van der Waals surface area contributed by atoms with Gasteiger partial charge in [0, 0.05) is 27.1 Å².